The highest BCUT2D eigenvalue weighted by Crippen LogP contribution is 2.23. The summed E-state index contributed by atoms with van der Waals surface area (Å²) in [6.45, 7) is -0.0469. The van der Waals surface area contributed by atoms with Crippen molar-refractivity contribution in [2.45, 2.75) is 0 Å². The van der Waals surface area contributed by atoms with E-state index in [4.69, 9.17) is 16.1 Å². The van der Waals surface area contributed by atoms with Gasteiger partial charge in [0.15, 0.2) is 11.5 Å². The summed E-state index contributed by atoms with van der Waals surface area (Å²) in [6, 6.07) is 8.55. The van der Waals surface area contributed by atoms with E-state index in [0.717, 1.165) is 5.56 Å². The molecule has 0 aliphatic heterocycles. The lowest BCUT2D eigenvalue weighted by molar-refractivity contribution is -0.121. The number of hydrogen-bond donors (Lipinski definition) is 1. The molecule has 0 aliphatic carbocycles. The van der Waals surface area contributed by atoms with E-state index in [2.05, 4.69) is 10.5 Å². The van der Waals surface area contributed by atoms with Crippen LogP contribution >= 0.6 is 11.6 Å². The molecule has 6 nitrogen and oxygen atoms in total. The van der Waals surface area contributed by atoms with Gasteiger partial charge in [0, 0.05) is 30.7 Å². The number of aromatic nitrogens is 1. The molecule has 0 saturated carbocycles. The van der Waals surface area contributed by atoms with Crippen LogP contribution in [0.1, 0.15) is 10.5 Å². The molecule has 2 amide bonds. The molecule has 1 heterocycles. The zero-order chi connectivity index (χ0) is 15.4. The molecule has 1 aromatic carbocycles. The summed E-state index contributed by atoms with van der Waals surface area (Å²) in [5, 5.41) is 6.75. The van der Waals surface area contributed by atoms with E-state index in [1.807, 2.05) is 0 Å². The average molecular weight is 308 g/mol. The van der Waals surface area contributed by atoms with Gasteiger partial charge >= 0.3 is 0 Å². The number of carbonyl (C=O) groups excluding carboxylic acids is 2. The maximum absolute atomic E-state index is 12.1. The van der Waals surface area contributed by atoms with Crippen molar-refractivity contribution in [3.63, 3.8) is 0 Å². The third kappa shape index (κ3) is 3.61. The minimum absolute atomic E-state index is 0.0469. The molecule has 21 heavy (non-hydrogen) atoms. The van der Waals surface area contributed by atoms with Gasteiger partial charge in [0.25, 0.3) is 5.91 Å². The molecule has 0 radical (unpaired) electrons. The van der Waals surface area contributed by atoms with Crippen LogP contribution in [0.15, 0.2) is 34.9 Å². The van der Waals surface area contributed by atoms with Gasteiger partial charge in [-0.1, -0.05) is 28.9 Å². The Morgan fingerprint density at radius 3 is 2.81 bits per heavy atom. The van der Waals surface area contributed by atoms with Gasteiger partial charge in [0.2, 0.25) is 5.91 Å². The average Bonchev–Trinajstić information content (AvgIpc) is 2.96. The van der Waals surface area contributed by atoms with Gasteiger partial charge in [-0.05, 0) is 12.1 Å². The molecule has 1 N–H and O–H groups in total. The van der Waals surface area contributed by atoms with E-state index in [0.29, 0.717) is 10.8 Å². The van der Waals surface area contributed by atoms with Crippen LogP contribution in [0.25, 0.3) is 11.3 Å². The first-order valence-corrected chi connectivity index (χ1v) is 6.57. The number of benzene rings is 1. The number of hydrogen-bond acceptors (Lipinski definition) is 4. The van der Waals surface area contributed by atoms with Crippen LogP contribution in [-0.4, -0.2) is 42.5 Å². The van der Waals surface area contributed by atoms with Gasteiger partial charge < -0.3 is 14.7 Å². The highest BCUT2D eigenvalue weighted by molar-refractivity contribution is 6.30. The predicted octanol–water partition coefficient (Wildman–Crippen LogP) is 1.81. The summed E-state index contributed by atoms with van der Waals surface area (Å²) >= 11 is 5.91. The summed E-state index contributed by atoms with van der Waals surface area (Å²) in [5.41, 5.74) is 0.861. The van der Waals surface area contributed by atoms with Gasteiger partial charge in [-0.3, -0.25) is 9.59 Å². The molecule has 0 unspecified atom stereocenters. The number of amides is 2. The summed E-state index contributed by atoms with van der Waals surface area (Å²) in [7, 11) is 3.03. The second-order valence-corrected chi connectivity index (χ2v) is 4.86. The van der Waals surface area contributed by atoms with Gasteiger partial charge in [-0.2, -0.15) is 0 Å². The monoisotopic (exact) mass is 307 g/mol. The van der Waals surface area contributed by atoms with Crippen molar-refractivity contribution in [3.05, 3.63) is 41.0 Å². The van der Waals surface area contributed by atoms with Crippen LogP contribution in [0.4, 0.5) is 0 Å². The quantitative estimate of drug-likeness (QED) is 0.934. The van der Waals surface area contributed by atoms with Crippen LogP contribution in [0.2, 0.25) is 5.02 Å². The molecule has 7 heteroatoms. The summed E-state index contributed by atoms with van der Waals surface area (Å²) in [5.74, 6) is -0.214. The third-order valence-corrected chi connectivity index (χ3v) is 3.08. The van der Waals surface area contributed by atoms with Crippen LogP contribution in [-0.2, 0) is 4.79 Å². The fourth-order valence-corrected chi connectivity index (χ4v) is 1.91. The Labute approximate surface area is 126 Å². The minimum Gasteiger partial charge on any atom is -0.358 e. The Bertz CT molecular complexity index is 669. The number of nitrogens with one attached hydrogen (secondary N) is 1. The molecule has 0 fully saturated rings. The molecule has 2 aromatic rings. The van der Waals surface area contributed by atoms with Crippen molar-refractivity contribution in [2.24, 2.45) is 0 Å². The van der Waals surface area contributed by atoms with Gasteiger partial charge in [0.1, 0.15) is 0 Å². The molecule has 110 valence electrons. The molecule has 2 rings (SSSR count). The van der Waals surface area contributed by atoms with E-state index in [9.17, 15) is 9.59 Å². The molecule has 0 saturated heterocycles. The SMILES string of the molecule is CNC(=O)CN(C)C(=O)c1cc(-c2cccc(Cl)c2)on1. The number of rotatable bonds is 4. The topological polar surface area (TPSA) is 75.4 Å². The van der Waals surface area contributed by atoms with Crippen molar-refractivity contribution in [1.29, 1.82) is 0 Å². The Hall–Kier alpha value is -2.34. The lowest BCUT2D eigenvalue weighted by Gasteiger charge is -2.13. The zero-order valence-corrected chi connectivity index (χ0v) is 12.3. The van der Waals surface area contributed by atoms with Crippen molar-refractivity contribution in [3.8, 4) is 11.3 Å². The van der Waals surface area contributed by atoms with E-state index in [1.54, 1.807) is 24.3 Å². The number of carbonyl (C=O) groups is 2. The molecule has 0 aliphatic rings. The summed E-state index contributed by atoms with van der Waals surface area (Å²) in [6.07, 6.45) is 0. The van der Waals surface area contributed by atoms with E-state index < -0.39 is 5.91 Å². The van der Waals surface area contributed by atoms with Crippen LogP contribution in [0.5, 0.6) is 0 Å². The van der Waals surface area contributed by atoms with Gasteiger partial charge in [0.05, 0.1) is 6.54 Å². The Morgan fingerprint density at radius 2 is 2.14 bits per heavy atom. The Morgan fingerprint density at radius 1 is 1.38 bits per heavy atom. The minimum atomic E-state index is -0.393. The highest BCUT2D eigenvalue weighted by atomic mass is 35.5. The third-order valence-electron chi connectivity index (χ3n) is 2.84. The summed E-state index contributed by atoms with van der Waals surface area (Å²) in [4.78, 5) is 24.6. The number of nitrogens with zero attached hydrogens (tertiary/aromatic N) is 2. The highest BCUT2D eigenvalue weighted by Gasteiger charge is 2.19. The van der Waals surface area contributed by atoms with Crippen molar-refractivity contribution in [2.75, 3.05) is 20.6 Å². The lowest BCUT2D eigenvalue weighted by atomic mass is 10.1. The largest absolute Gasteiger partial charge is 0.358 e. The molecule has 0 bridgehead atoms. The fraction of sp³-hybridized carbons (Fsp3) is 0.214. The second kappa shape index (κ2) is 6.41. The van der Waals surface area contributed by atoms with E-state index in [1.165, 1.54) is 25.1 Å². The molecule has 1 aromatic heterocycles. The first kappa shape index (κ1) is 15.1. The van der Waals surface area contributed by atoms with Gasteiger partial charge in [-0.25, -0.2) is 0 Å². The van der Waals surface area contributed by atoms with Crippen molar-refractivity contribution in [1.82, 2.24) is 15.4 Å². The molecular weight excluding hydrogens is 294 g/mol. The lowest BCUT2D eigenvalue weighted by Crippen LogP contribution is -2.37. The van der Waals surface area contributed by atoms with Crippen LogP contribution < -0.4 is 5.32 Å². The van der Waals surface area contributed by atoms with E-state index in [-0.39, 0.29) is 18.1 Å². The van der Waals surface area contributed by atoms with Crippen LogP contribution in [0.3, 0.4) is 0 Å². The Kier molecular flexibility index (Phi) is 4.59. The van der Waals surface area contributed by atoms with Crippen LogP contribution in [0, 0.1) is 0 Å². The number of likely N-dealkylation sites (N-methyl/N-ethyl adjacent to an activating group) is 2. The predicted molar refractivity (Wildman–Crippen MR) is 78.0 cm³/mol. The first-order chi connectivity index (χ1) is 10.0. The standard InChI is InChI=1S/C14H14ClN3O3/c1-16-13(19)8-18(2)14(20)11-7-12(21-17-11)9-4-3-5-10(15)6-9/h3-7H,8H2,1-2H3,(H,16,19). The van der Waals surface area contributed by atoms with Crippen molar-refractivity contribution >= 4 is 23.4 Å². The van der Waals surface area contributed by atoms with Crippen molar-refractivity contribution < 1.29 is 14.1 Å². The molecular formula is C14H14ClN3O3. The summed E-state index contributed by atoms with van der Waals surface area (Å²) < 4.78 is 5.15. The van der Waals surface area contributed by atoms with E-state index >= 15 is 0 Å². The Balaban J connectivity index is 2.16. The maximum Gasteiger partial charge on any atom is 0.276 e. The normalized spacial score (nSPS) is 10.2. The smallest absolute Gasteiger partial charge is 0.276 e. The molecule has 0 spiro atoms. The second-order valence-electron chi connectivity index (χ2n) is 4.42. The first-order valence-electron chi connectivity index (χ1n) is 6.20. The number of halogens is 1. The fourth-order valence-electron chi connectivity index (χ4n) is 1.72. The van der Waals surface area contributed by atoms with Gasteiger partial charge in [-0.15, -0.1) is 0 Å². The maximum atomic E-state index is 12.1. The zero-order valence-electron chi connectivity index (χ0n) is 11.6. The molecule has 0 atom stereocenters.